The highest BCUT2D eigenvalue weighted by Crippen LogP contribution is 2.31. The first kappa shape index (κ1) is 16.3. The second kappa shape index (κ2) is 6.79. The van der Waals surface area contributed by atoms with Gasteiger partial charge in [-0.1, -0.05) is 40.5 Å². The third kappa shape index (κ3) is 3.98. The quantitative estimate of drug-likeness (QED) is 0.840. The maximum absolute atomic E-state index is 3.81. The van der Waals surface area contributed by atoms with Crippen molar-refractivity contribution in [3.63, 3.8) is 0 Å². The van der Waals surface area contributed by atoms with Crippen molar-refractivity contribution in [1.29, 1.82) is 0 Å². The number of nitrogens with one attached hydrogen (secondary N) is 1. The van der Waals surface area contributed by atoms with Crippen LogP contribution >= 0.6 is 0 Å². The minimum absolute atomic E-state index is 0.325. The van der Waals surface area contributed by atoms with Gasteiger partial charge in [0.25, 0.3) is 0 Å². The molecule has 0 aromatic carbocycles. The van der Waals surface area contributed by atoms with Gasteiger partial charge in [-0.3, -0.25) is 4.90 Å². The first-order valence-corrected chi connectivity index (χ1v) is 8.92. The Balaban J connectivity index is 1.99. The second-order valence-electron chi connectivity index (χ2n) is 8.17. The number of rotatable bonds is 4. The Morgan fingerprint density at radius 1 is 1.30 bits per heavy atom. The molecule has 2 nitrogen and oxygen atoms in total. The van der Waals surface area contributed by atoms with Crippen LogP contribution in [0.5, 0.6) is 0 Å². The molecule has 1 aliphatic carbocycles. The topological polar surface area (TPSA) is 15.3 Å². The van der Waals surface area contributed by atoms with Gasteiger partial charge in [0.1, 0.15) is 0 Å². The molecule has 118 valence electrons. The molecule has 0 amide bonds. The smallest absolute Gasteiger partial charge is 0.0278 e. The first-order chi connectivity index (χ1) is 9.43. The lowest BCUT2D eigenvalue weighted by Gasteiger charge is -2.49. The molecule has 0 bridgehead atoms. The molecule has 0 radical (unpaired) electrons. The zero-order valence-electron chi connectivity index (χ0n) is 14.4. The zero-order chi connectivity index (χ0) is 14.8. The van der Waals surface area contributed by atoms with E-state index in [1.165, 1.54) is 51.7 Å². The van der Waals surface area contributed by atoms with Gasteiger partial charge < -0.3 is 5.32 Å². The summed E-state index contributed by atoms with van der Waals surface area (Å²) in [5.74, 6) is 2.65. The van der Waals surface area contributed by atoms with Crippen LogP contribution in [0.25, 0.3) is 0 Å². The summed E-state index contributed by atoms with van der Waals surface area (Å²) < 4.78 is 0. The van der Waals surface area contributed by atoms with E-state index in [0.717, 1.165) is 23.8 Å². The summed E-state index contributed by atoms with van der Waals surface area (Å²) in [5.41, 5.74) is 0.325. The van der Waals surface area contributed by atoms with Crippen molar-refractivity contribution in [2.75, 3.05) is 19.6 Å². The first-order valence-electron chi connectivity index (χ1n) is 8.92. The van der Waals surface area contributed by atoms with Crippen molar-refractivity contribution in [2.24, 2.45) is 17.8 Å². The monoisotopic (exact) mass is 280 g/mol. The summed E-state index contributed by atoms with van der Waals surface area (Å²) in [5, 5.41) is 3.81. The van der Waals surface area contributed by atoms with Crippen LogP contribution in [-0.2, 0) is 0 Å². The molecule has 2 heteroatoms. The summed E-state index contributed by atoms with van der Waals surface area (Å²) in [6, 6.07) is 0.729. The molecule has 20 heavy (non-hydrogen) atoms. The van der Waals surface area contributed by atoms with E-state index in [1.807, 2.05) is 0 Å². The summed E-state index contributed by atoms with van der Waals surface area (Å²) in [4.78, 5) is 2.83. The van der Waals surface area contributed by atoms with Crippen molar-refractivity contribution < 1.29 is 0 Å². The number of nitrogens with zero attached hydrogens (tertiary/aromatic N) is 1. The van der Waals surface area contributed by atoms with Gasteiger partial charge >= 0.3 is 0 Å². The van der Waals surface area contributed by atoms with Crippen molar-refractivity contribution >= 4 is 0 Å². The van der Waals surface area contributed by atoms with E-state index in [-0.39, 0.29) is 0 Å². The average Bonchev–Trinajstić information content (AvgIpc) is 2.38. The van der Waals surface area contributed by atoms with E-state index in [4.69, 9.17) is 0 Å². The van der Waals surface area contributed by atoms with E-state index in [9.17, 15) is 0 Å². The molecule has 1 heterocycles. The summed E-state index contributed by atoms with van der Waals surface area (Å²) in [7, 11) is 0. The molecule has 0 aromatic rings. The van der Waals surface area contributed by atoms with Crippen LogP contribution in [0.2, 0.25) is 0 Å². The van der Waals surface area contributed by atoms with Crippen LogP contribution < -0.4 is 5.32 Å². The highest BCUT2D eigenvalue weighted by molar-refractivity contribution is 4.96. The van der Waals surface area contributed by atoms with E-state index >= 15 is 0 Å². The number of hydrogen-bond donors (Lipinski definition) is 1. The summed E-state index contributed by atoms with van der Waals surface area (Å²) >= 11 is 0. The Kier molecular flexibility index (Phi) is 5.53. The molecular weight excluding hydrogens is 244 g/mol. The minimum atomic E-state index is 0.325. The molecule has 0 aromatic heterocycles. The van der Waals surface area contributed by atoms with E-state index in [2.05, 4.69) is 44.8 Å². The fraction of sp³-hybridized carbons (Fsp3) is 1.00. The lowest BCUT2D eigenvalue weighted by atomic mass is 9.81. The third-order valence-electron chi connectivity index (χ3n) is 5.85. The van der Waals surface area contributed by atoms with E-state index in [0.29, 0.717) is 5.54 Å². The average molecular weight is 280 g/mol. The Bertz CT molecular complexity index is 302. The molecule has 1 aliphatic heterocycles. The molecule has 4 unspecified atom stereocenters. The zero-order valence-corrected chi connectivity index (χ0v) is 14.4. The summed E-state index contributed by atoms with van der Waals surface area (Å²) in [6.45, 7) is 15.7. The van der Waals surface area contributed by atoms with Crippen LogP contribution in [0.4, 0.5) is 0 Å². The fourth-order valence-electron chi connectivity index (χ4n) is 4.25. The number of hydrogen-bond acceptors (Lipinski definition) is 2. The summed E-state index contributed by atoms with van der Waals surface area (Å²) in [6.07, 6.45) is 7.06. The maximum Gasteiger partial charge on any atom is 0.0278 e. The fourth-order valence-corrected chi connectivity index (χ4v) is 4.25. The largest absolute Gasteiger partial charge is 0.309 e. The van der Waals surface area contributed by atoms with Gasteiger partial charge in [-0.05, 0) is 43.9 Å². The lowest BCUT2D eigenvalue weighted by molar-refractivity contribution is 0.0387. The molecule has 1 saturated carbocycles. The second-order valence-corrected chi connectivity index (χ2v) is 8.17. The van der Waals surface area contributed by atoms with Gasteiger partial charge in [0, 0.05) is 31.2 Å². The van der Waals surface area contributed by atoms with Crippen LogP contribution in [0.15, 0.2) is 0 Å². The van der Waals surface area contributed by atoms with Crippen LogP contribution in [-0.4, -0.2) is 36.1 Å². The standard InChI is InChI=1S/C18H36N2/c1-6-18(5)13-20(17(11-19-18)14(2)3)12-16-9-7-8-15(4)10-16/h14-17,19H,6-13H2,1-5H3. The van der Waals surface area contributed by atoms with Gasteiger partial charge in [0.2, 0.25) is 0 Å². The van der Waals surface area contributed by atoms with Gasteiger partial charge in [0.05, 0.1) is 0 Å². The van der Waals surface area contributed by atoms with Crippen molar-refractivity contribution in [3.8, 4) is 0 Å². The lowest BCUT2D eigenvalue weighted by Crippen LogP contribution is -2.64. The Labute approximate surface area is 126 Å². The highest BCUT2D eigenvalue weighted by atomic mass is 15.3. The third-order valence-corrected chi connectivity index (χ3v) is 5.85. The van der Waals surface area contributed by atoms with Crippen LogP contribution in [0.1, 0.15) is 66.7 Å². The molecule has 2 fully saturated rings. The van der Waals surface area contributed by atoms with Gasteiger partial charge in [-0.15, -0.1) is 0 Å². The minimum Gasteiger partial charge on any atom is -0.309 e. The molecule has 2 aliphatic rings. The van der Waals surface area contributed by atoms with Crippen LogP contribution in [0.3, 0.4) is 0 Å². The molecule has 0 spiro atoms. The Morgan fingerprint density at radius 3 is 2.65 bits per heavy atom. The SMILES string of the molecule is CCC1(C)CN(CC2CCCC(C)C2)C(C(C)C)CN1. The number of piperazine rings is 1. The van der Waals surface area contributed by atoms with E-state index in [1.54, 1.807) is 0 Å². The molecule has 1 N–H and O–H groups in total. The van der Waals surface area contributed by atoms with E-state index < -0.39 is 0 Å². The van der Waals surface area contributed by atoms with Crippen molar-refractivity contribution in [2.45, 2.75) is 78.3 Å². The molecule has 4 atom stereocenters. The normalized spacial score (nSPS) is 40.2. The molecular formula is C18H36N2. The Morgan fingerprint density at radius 2 is 2.05 bits per heavy atom. The van der Waals surface area contributed by atoms with Crippen molar-refractivity contribution in [3.05, 3.63) is 0 Å². The van der Waals surface area contributed by atoms with Crippen LogP contribution in [0, 0.1) is 17.8 Å². The maximum atomic E-state index is 3.81. The van der Waals surface area contributed by atoms with Gasteiger partial charge in [-0.25, -0.2) is 0 Å². The Hall–Kier alpha value is -0.0800. The van der Waals surface area contributed by atoms with Gasteiger partial charge in [-0.2, -0.15) is 0 Å². The molecule has 2 rings (SSSR count). The van der Waals surface area contributed by atoms with Crippen molar-refractivity contribution in [1.82, 2.24) is 10.2 Å². The van der Waals surface area contributed by atoms with Gasteiger partial charge in [0.15, 0.2) is 0 Å². The highest BCUT2D eigenvalue weighted by Gasteiger charge is 2.36. The predicted octanol–water partition coefficient (Wildman–Crippen LogP) is 3.91. The molecule has 1 saturated heterocycles. The predicted molar refractivity (Wildman–Crippen MR) is 88.0 cm³/mol.